The van der Waals surface area contributed by atoms with E-state index in [-0.39, 0.29) is 17.5 Å². The number of aliphatic imine (C=N–C) groups is 1. The predicted octanol–water partition coefficient (Wildman–Crippen LogP) is 3.00. The molecular formula is C24H24FN9O. The molecule has 4 heterocycles. The van der Waals surface area contributed by atoms with Gasteiger partial charge < -0.3 is 21.1 Å². The molecule has 0 aliphatic carbocycles. The smallest absolute Gasteiger partial charge is 0.228 e. The number of pyridine rings is 1. The number of ether oxygens (including phenoxy) is 1. The van der Waals surface area contributed by atoms with Crippen molar-refractivity contribution in [2.75, 3.05) is 31.3 Å². The first-order valence-corrected chi connectivity index (χ1v) is 11.0. The molecule has 11 heteroatoms. The number of nitrogens with zero attached hydrogens (tertiary/aromatic N) is 6. The minimum atomic E-state index is -0.375. The third-order valence-corrected chi connectivity index (χ3v) is 5.81. The number of nitrogens with two attached hydrogens (primary N) is 1. The van der Waals surface area contributed by atoms with Crippen LogP contribution in [0.2, 0.25) is 0 Å². The summed E-state index contributed by atoms with van der Waals surface area (Å²) in [5.41, 5.74) is 8.60. The van der Waals surface area contributed by atoms with Crippen LogP contribution in [0.25, 0.3) is 16.9 Å². The minimum absolute atomic E-state index is 0.0355. The molecule has 1 aliphatic rings. The van der Waals surface area contributed by atoms with Gasteiger partial charge in [-0.3, -0.25) is 9.39 Å². The maximum Gasteiger partial charge on any atom is 0.228 e. The Hall–Kier alpha value is -4.54. The standard InChI is InChI=1S/C24H24FN9O/c1-27-20(5-7-26)31-24-28-8-6-18(30-24)15-11-21-29-13-16(23-33-32-22(12-15)34(21)23)9-14-3-4-19(35-2)17(25)10-14/h3-8,10-12,16,29H,9,13,26H2,1-2H3,(H,27,28,30,31). The first kappa shape index (κ1) is 22.3. The molecule has 0 bridgehead atoms. The van der Waals surface area contributed by atoms with Crippen LogP contribution in [0, 0.1) is 5.82 Å². The molecule has 1 aromatic carbocycles. The molecule has 35 heavy (non-hydrogen) atoms. The van der Waals surface area contributed by atoms with Crippen molar-refractivity contribution in [1.82, 2.24) is 24.6 Å². The summed E-state index contributed by atoms with van der Waals surface area (Å²) >= 11 is 0. The van der Waals surface area contributed by atoms with Gasteiger partial charge in [0.1, 0.15) is 17.5 Å². The molecule has 1 aliphatic heterocycles. The van der Waals surface area contributed by atoms with Crippen LogP contribution < -0.4 is 21.1 Å². The Kier molecular flexibility index (Phi) is 5.96. The Bertz CT molecular complexity index is 1450. The number of benzene rings is 1. The molecule has 0 spiro atoms. The van der Waals surface area contributed by atoms with Crippen LogP contribution in [0.4, 0.5) is 16.2 Å². The van der Waals surface area contributed by atoms with Crippen molar-refractivity contribution < 1.29 is 9.13 Å². The van der Waals surface area contributed by atoms with E-state index in [1.807, 2.05) is 28.7 Å². The predicted molar refractivity (Wildman–Crippen MR) is 132 cm³/mol. The highest BCUT2D eigenvalue weighted by Crippen LogP contribution is 2.32. The quantitative estimate of drug-likeness (QED) is 0.288. The average molecular weight is 474 g/mol. The zero-order chi connectivity index (χ0) is 24.4. The lowest BCUT2D eigenvalue weighted by molar-refractivity contribution is 0.386. The van der Waals surface area contributed by atoms with E-state index in [1.165, 1.54) is 19.4 Å². The van der Waals surface area contributed by atoms with Crippen LogP contribution in [0.3, 0.4) is 0 Å². The summed E-state index contributed by atoms with van der Waals surface area (Å²) < 4.78 is 21.2. The Morgan fingerprint density at radius 2 is 2.20 bits per heavy atom. The summed E-state index contributed by atoms with van der Waals surface area (Å²) in [6.07, 6.45) is 5.32. The van der Waals surface area contributed by atoms with E-state index in [0.29, 0.717) is 30.4 Å². The lowest BCUT2D eigenvalue weighted by Gasteiger charge is -2.24. The number of hydrogen-bond acceptors (Lipinski definition) is 8. The summed E-state index contributed by atoms with van der Waals surface area (Å²) in [4.78, 5) is 13.0. The fourth-order valence-electron chi connectivity index (χ4n) is 4.15. The number of amidine groups is 1. The minimum Gasteiger partial charge on any atom is -0.494 e. The van der Waals surface area contributed by atoms with Crippen molar-refractivity contribution in [2.24, 2.45) is 10.7 Å². The SMILES string of the molecule is CN=C(C=CN)Nc1nccc(-c2cc3n4c(nnc4c2)C(Cc2ccc(OC)c(F)c2)CN3)n1. The molecule has 10 nitrogen and oxygen atoms in total. The molecule has 178 valence electrons. The molecule has 1 unspecified atom stereocenters. The molecule has 4 aromatic rings. The van der Waals surface area contributed by atoms with Crippen molar-refractivity contribution >= 4 is 23.2 Å². The molecule has 0 amide bonds. The highest BCUT2D eigenvalue weighted by atomic mass is 19.1. The Labute approximate surface area is 200 Å². The highest BCUT2D eigenvalue weighted by Gasteiger charge is 2.26. The topological polar surface area (TPSA) is 128 Å². The maximum atomic E-state index is 14.2. The molecule has 5 rings (SSSR count). The van der Waals surface area contributed by atoms with E-state index in [9.17, 15) is 4.39 Å². The molecule has 0 saturated heterocycles. The van der Waals surface area contributed by atoms with Crippen LogP contribution in [0.5, 0.6) is 5.75 Å². The van der Waals surface area contributed by atoms with Gasteiger partial charge in [-0.05, 0) is 54.6 Å². The van der Waals surface area contributed by atoms with Crippen molar-refractivity contribution in [1.29, 1.82) is 0 Å². The second-order valence-corrected chi connectivity index (χ2v) is 7.99. The monoisotopic (exact) mass is 473 g/mol. The van der Waals surface area contributed by atoms with Gasteiger partial charge in [0.15, 0.2) is 17.2 Å². The van der Waals surface area contributed by atoms with Crippen LogP contribution in [-0.4, -0.2) is 51.1 Å². The molecule has 0 fully saturated rings. The van der Waals surface area contributed by atoms with Gasteiger partial charge in [0.05, 0.1) is 12.8 Å². The number of halogens is 1. The summed E-state index contributed by atoms with van der Waals surface area (Å²) in [7, 11) is 3.10. The summed E-state index contributed by atoms with van der Waals surface area (Å²) in [6.45, 7) is 0.642. The van der Waals surface area contributed by atoms with Gasteiger partial charge in [-0.15, -0.1) is 10.2 Å². The molecule has 4 N–H and O–H groups in total. The number of methoxy groups -OCH3 is 1. The zero-order valence-corrected chi connectivity index (χ0v) is 19.2. The van der Waals surface area contributed by atoms with E-state index in [4.69, 9.17) is 10.5 Å². The number of rotatable bonds is 6. The first-order valence-electron chi connectivity index (χ1n) is 11.0. The fourth-order valence-corrected chi connectivity index (χ4v) is 4.15. The normalized spacial score (nSPS) is 15.4. The average Bonchev–Trinajstić information content (AvgIpc) is 3.31. The second kappa shape index (κ2) is 9.37. The van der Waals surface area contributed by atoms with Crippen LogP contribution in [0.15, 0.2) is 59.9 Å². The van der Waals surface area contributed by atoms with E-state index >= 15 is 0 Å². The lowest BCUT2D eigenvalue weighted by atomic mass is 9.97. The molecule has 0 radical (unpaired) electrons. The molecule has 3 aromatic heterocycles. The lowest BCUT2D eigenvalue weighted by Crippen LogP contribution is -2.24. The summed E-state index contributed by atoms with van der Waals surface area (Å²) in [6, 6.07) is 10.8. The van der Waals surface area contributed by atoms with Gasteiger partial charge in [-0.25, -0.2) is 14.4 Å². The van der Waals surface area contributed by atoms with Gasteiger partial charge in [-0.1, -0.05) is 6.07 Å². The largest absolute Gasteiger partial charge is 0.494 e. The fraction of sp³-hybridized carbons (Fsp3) is 0.208. The van der Waals surface area contributed by atoms with Gasteiger partial charge in [0, 0.05) is 31.3 Å². The van der Waals surface area contributed by atoms with Crippen LogP contribution in [0.1, 0.15) is 17.3 Å². The zero-order valence-electron chi connectivity index (χ0n) is 19.2. The molecular weight excluding hydrogens is 449 g/mol. The number of anilines is 2. The van der Waals surface area contributed by atoms with E-state index in [0.717, 1.165) is 28.5 Å². The van der Waals surface area contributed by atoms with E-state index in [2.05, 4.69) is 35.8 Å². The van der Waals surface area contributed by atoms with Crippen LogP contribution >= 0.6 is 0 Å². The van der Waals surface area contributed by atoms with Crippen molar-refractivity contribution in [3.63, 3.8) is 0 Å². The Balaban J connectivity index is 1.44. The molecule has 0 saturated carbocycles. The van der Waals surface area contributed by atoms with E-state index in [1.54, 1.807) is 25.4 Å². The number of nitrogens with one attached hydrogen (secondary N) is 2. The third-order valence-electron chi connectivity index (χ3n) is 5.81. The first-order chi connectivity index (χ1) is 17.1. The second-order valence-electron chi connectivity index (χ2n) is 7.99. The number of hydrogen-bond donors (Lipinski definition) is 3. The summed E-state index contributed by atoms with van der Waals surface area (Å²) in [5.74, 6) is 2.53. The van der Waals surface area contributed by atoms with Gasteiger partial charge in [0.2, 0.25) is 5.95 Å². The number of aromatic nitrogens is 5. The Morgan fingerprint density at radius 1 is 1.31 bits per heavy atom. The maximum absolute atomic E-state index is 14.2. The summed E-state index contributed by atoms with van der Waals surface area (Å²) in [5, 5.41) is 15.4. The van der Waals surface area contributed by atoms with E-state index < -0.39 is 0 Å². The van der Waals surface area contributed by atoms with Crippen LogP contribution in [-0.2, 0) is 6.42 Å². The third kappa shape index (κ3) is 4.35. The van der Waals surface area contributed by atoms with Crippen molar-refractivity contribution in [2.45, 2.75) is 12.3 Å². The van der Waals surface area contributed by atoms with Gasteiger partial charge >= 0.3 is 0 Å². The van der Waals surface area contributed by atoms with Gasteiger partial charge in [0.25, 0.3) is 0 Å². The Morgan fingerprint density at radius 3 is 2.97 bits per heavy atom. The highest BCUT2D eigenvalue weighted by molar-refractivity contribution is 6.02. The van der Waals surface area contributed by atoms with Crippen molar-refractivity contribution in [3.8, 4) is 17.0 Å². The molecule has 1 atom stereocenters. The van der Waals surface area contributed by atoms with Crippen molar-refractivity contribution in [3.05, 3.63) is 72.1 Å². The van der Waals surface area contributed by atoms with Gasteiger partial charge in [-0.2, -0.15) is 0 Å².